The van der Waals surface area contributed by atoms with Crippen molar-refractivity contribution in [3.05, 3.63) is 35.9 Å². The minimum Gasteiger partial charge on any atom is -0.353 e. The van der Waals surface area contributed by atoms with Gasteiger partial charge in [0.05, 0.1) is 0 Å². The molecular weight excluding hydrogens is 234 g/mol. The fourth-order valence-electron chi connectivity index (χ4n) is 3.86. The molecule has 1 aromatic rings. The fourth-order valence-corrected chi connectivity index (χ4v) is 3.86. The first-order valence-corrected chi connectivity index (χ1v) is 7.66. The summed E-state index contributed by atoms with van der Waals surface area (Å²) < 4.78 is 0. The first kappa shape index (κ1) is 12.7. The molecule has 2 nitrogen and oxygen atoms in total. The highest BCUT2D eigenvalue weighted by Gasteiger charge is 2.37. The Bertz CT molecular complexity index is 422. The topological polar surface area (TPSA) is 29.1 Å². The molecule has 1 saturated carbocycles. The van der Waals surface area contributed by atoms with E-state index in [1.165, 1.54) is 37.7 Å². The van der Waals surface area contributed by atoms with E-state index in [0.717, 1.165) is 18.8 Å². The smallest absolute Gasteiger partial charge is 0.220 e. The van der Waals surface area contributed by atoms with Gasteiger partial charge < -0.3 is 5.32 Å². The zero-order valence-electron chi connectivity index (χ0n) is 11.5. The standard InChI is InChI=1S/C17H23NO/c19-17-12-15(14-9-5-2-6-10-14)16(18-17)11-13-7-3-1-4-8-13/h1,3-4,7-8,14-16H,2,5-6,9-12H2,(H,18,19). The van der Waals surface area contributed by atoms with Crippen molar-refractivity contribution in [1.29, 1.82) is 0 Å². The summed E-state index contributed by atoms with van der Waals surface area (Å²) in [5.41, 5.74) is 1.34. The summed E-state index contributed by atoms with van der Waals surface area (Å²) in [4.78, 5) is 11.8. The predicted molar refractivity (Wildman–Crippen MR) is 76.8 cm³/mol. The molecule has 2 atom stereocenters. The summed E-state index contributed by atoms with van der Waals surface area (Å²) in [7, 11) is 0. The summed E-state index contributed by atoms with van der Waals surface area (Å²) in [6, 6.07) is 10.9. The zero-order valence-corrected chi connectivity index (χ0v) is 11.5. The molecule has 1 aromatic carbocycles. The van der Waals surface area contributed by atoms with Gasteiger partial charge in [-0.1, -0.05) is 62.4 Å². The van der Waals surface area contributed by atoms with Gasteiger partial charge in [-0.05, 0) is 23.8 Å². The second kappa shape index (κ2) is 5.77. The maximum absolute atomic E-state index is 11.8. The van der Waals surface area contributed by atoms with Crippen LogP contribution < -0.4 is 5.32 Å². The number of rotatable bonds is 3. The highest BCUT2D eigenvalue weighted by atomic mass is 16.2. The second-order valence-electron chi connectivity index (χ2n) is 6.13. The third-order valence-electron chi connectivity index (χ3n) is 4.84. The normalized spacial score (nSPS) is 28.3. The number of hydrogen-bond acceptors (Lipinski definition) is 1. The van der Waals surface area contributed by atoms with Crippen LogP contribution in [0.4, 0.5) is 0 Å². The van der Waals surface area contributed by atoms with E-state index >= 15 is 0 Å². The number of carbonyl (C=O) groups is 1. The summed E-state index contributed by atoms with van der Waals surface area (Å²) in [6.07, 6.45) is 8.49. The molecular formula is C17H23NO. The Hall–Kier alpha value is -1.31. The zero-order chi connectivity index (χ0) is 13.1. The maximum atomic E-state index is 11.8. The quantitative estimate of drug-likeness (QED) is 0.884. The van der Waals surface area contributed by atoms with Crippen molar-refractivity contribution < 1.29 is 4.79 Å². The molecule has 1 N–H and O–H groups in total. The molecule has 19 heavy (non-hydrogen) atoms. The lowest BCUT2D eigenvalue weighted by Crippen LogP contribution is -2.34. The molecule has 1 aliphatic carbocycles. The van der Waals surface area contributed by atoms with Crippen molar-refractivity contribution >= 4 is 5.91 Å². The van der Waals surface area contributed by atoms with E-state index in [2.05, 4.69) is 35.6 Å². The van der Waals surface area contributed by atoms with Gasteiger partial charge in [-0.15, -0.1) is 0 Å². The summed E-state index contributed by atoms with van der Waals surface area (Å²) in [6.45, 7) is 0. The van der Waals surface area contributed by atoms with E-state index in [0.29, 0.717) is 12.0 Å². The number of benzene rings is 1. The molecule has 0 radical (unpaired) electrons. The average molecular weight is 257 g/mol. The van der Waals surface area contributed by atoms with Gasteiger partial charge in [0.25, 0.3) is 0 Å². The van der Waals surface area contributed by atoms with Gasteiger partial charge in [0, 0.05) is 12.5 Å². The van der Waals surface area contributed by atoms with Gasteiger partial charge in [0.1, 0.15) is 0 Å². The van der Waals surface area contributed by atoms with Gasteiger partial charge in [-0.3, -0.25) is 4.79 Å². The monoisotopic (exact) mass is 257 g/mol. The van der Waals surface area contributed by atoms with E-state index in [9.17, 15) is 4.79 Å². The Labute approximate surface area is 115 Å². The summed E-state index contributed by atoms with van der Waals surface area (Å²) in [5, 5.41) is 3.21. The lowest BCUT2D eigenvalue weighted by Gasteiger charge is -2.30. The highest BCUT2D eigenvalue weighted by molar-refractivity contribution is 5.79. The van der Waals surface area contributed by atoms with Crippen molar-refractivity contribution in [2.24, 2.45) is 11.8 Å². The lowest BCUT2D eigenvalue weighted by atomic mass is 9.75. The van der Waals surface area contributed by atoms with Crippen molar-refractivity contribution in [1.82, 2.24) is 5.32 Å². The van der Waals surface area contributed by atoms with Crippen molar-refractivity contribution in [2.75, 3.05) is 0 Å². The molecule has 3 rings (SSSR count). The minimum atomic E-state index is 0.261. The maximum Gasteiger partial charge on any atom is 0.220 e. The van der Waals surface area contributed by atoms with Crippen LogP contribution in [0.3, 0.4) is 0 Å². The Morgan fingerprint density at radius 2 is 1.79 bits per heavy atom. The lowest BCUT2D eigenvalue weighted by molar-refractivity contribution is -0.119. The molecule has 2 aliphatic rings. The molecule has 2 fully saturated rings. The van der Waals surface area contributed by atoms with Crippen LogP contribution in [0, 0.1) is 11.8 Å². The van der Waals surface area contributed by atoms with Gasteiger partial charge in [0.15, 0.2) is 0 Å². The third kappa shape index (κ3) is 2.99. The van der Waals surface area contributed by atoms with Gasteiger partial charge >= 0.3 is 0 Å². The van der Waals surface area contributed by atoms with Crippen LogP contribution in [0.2, 0.25) is 0 Å². The average Bonchev–Trinajstić information content (AvgIpc) is 2.82. The van der Waals surface area contributed by atoms with E-state index in [-0.39, 0.29) is 5.91 Å². The van der Waals surface area contributed by atoms with Crippen LogP contribution in [0.25, 0.3) is 0 Å². The minimum absolute atomic E-state index is 0.261. The fraction of sp³-hybridized carbons (Fsp3) is 0.588. The molecule has 1 amide bonds. The number of amides is 1. The van der Waals surface area contributed by atoms with Crippen LogP contribution >= 0.6 is 0 Å². The Balaban J connectivity index is 1.69. The number of nitrogens with one attached hydrogen (secondary N) is 1. The van der Waals surface area contributed by atoms with Crippen LogP contribution in [0.1, 0.15) is 44.1 Å². The van der Waals surface area contributed by atoms with E-state index in [4.69, 9.17) is 0 Å². The van der Waals surface area contributed by atoms with Crippen molar-refractivity contribution in [2.45, 2.75) is 51.0 Å². The number of hydrogen-bond donors (Lipinski definition) is 1. The van der Waals surface area contributed by atoms with Crippen LogP contribution in [-0.2, 0) is 11.2 Å². The molecule has 1 heterocycles. The first-order chi connectivity index (χ1) is 9.33. The first-order valence-electron chi connectivity index (χ1n) is 7.66. The molecule has 2 unspecified atom stereocenters. The SMILES string of the molecule is O=C1CC(C2CCCCC2)C(Cc2ccccc2)N1. The largest absolute Gasteiger partial charge is 0.353 e. The van der Waals surface area contributed by atoms with E-state index < -0.39 is 0 Å². The Morgan fingerprint density at radius 3 is 2.53 bits per heavy atom. The van der Waals surface area contributed by atoms with Crippen molar-refractivity contribution in [3.63, 3.8) is 0 Å². The molecule has 1 saturated heterocycles. The molecule has 102 valence electrons. The second-order valence-corrected chi connectivity index (χ2v) is 6.13. The third-order valence-corrected chi connectivity index (χ3v) is 4.84. The Kier molecular flexibility index (Phi) is 3.86. The van der Waals surface area contributed by atoms with E-state index in [1.807, 2.05) is 0 Å². The predicted octanol–water partition coefficient (Wildman–Crippen LogP) is 3.31. The molecule has 0 spiro atoms. The Morgan fingerprint density at radius 1 is 1.05 bits per heavy atom. The van der Waals surface area contributed by atoms with E-state index in [1.54, 1.807) is 0 Å². The molecule has 2 heteroatoms. The van der Waals surface area contributed by atoms with Gasteiger partial charge in [-0.25, -0.2) is 0 Å². The summed E-state index contributed by atoms with van der Waals surface area (Å²) in [5.74, 6) is 1.59. The molecule has 1 aliphatic heterocycles. The summed E-state index contributed by atoms with van der Waals surface area (Å²) >= 11 is 0. The van der Waals surface area contributed by atoms with Crippen LogP contribution in [-0.4, -0.2) is 11.9 Å². The molecule has 0 aromatic heterocycles. The van der Waals surface area contributed by atoms with Gasteiger partial charge in [-0.2, -0.15) is 0 Å². The number of carbonyl (C=O) groups excluding carboxylic acids is 1. The van der Waals surface area contributed by atoms with Crippen molar-refractivity contribution in [3.8, 4) is 0 Å². The molecule has 0 bridgehead atoms. The van der Waals surface area contributed by atoms with Gasteiger partial charge in [0.2, 0.25) is 5.91 Å². The van der Waals surface area contributed by atoms with Crippen LogP contribution in [0.15, 0.2) is 30.3 Å². The highest BCUT2D eigenvalue weighted by Crippen LogP contribution is 2.36. The van der Waals surface area contributed by atoms with Crippen LogP contribution in [0.5, 0.6) is 0 Å².